The van der Waals surface area contributed by atoms with Crippen LogP contribution in [0.5, 0.6) is 0 Å². The van der Waals surface area contributed by atoms with E-state index < -0.39 is 0 Å². The molecule has 0 saturated heterocycles. The Hall–Kier alpha value is -2.40. The third-order valence-corrected chi connectivity index (χ3v) is 3.40. The normalized spacial score (nSPS) is 13.9. The van der Waals surface area contributed by atoms with Gasteiger partial charge in [-0.05, 0) is 29.3 Å². The van der Waals surface area contributed by atoms with Crippen molar-refractivity contribution < 1.29 is 4.74 Å². The minimum Gasteiger partial charge on any atom is -0.398 e. The van der Waals surface area contributed by atoms with Gasteiger partial charge in [0.2, 0.25) is 0 Å². The quantitative estimate of drug-likeness (QED) is 0.719. The number of benzene rings is 1. The maximum Gasteiger partial charge on any atom is 0.168 e. The SMILES string of the molecule is Nc1ccc2nnc(-c3ccc4c(c3)COC4)n2c1. The van der Waals surface area contributed by atoms with Gasteiger partial charge >= 0.3 is 0 Å². The van der Waals surface area contributed by atoms with E-state index in [2.05, 4.69) is 22.3 Å². The molecule has 1 aliphatic rings. The number of aromatic nitrogens is 3. The molecule has 94 valence electrons. The van der Waals surface area contributed by atoms with E-state index in [9.17, 15) is 0 Å². The van der Waals surface area contributed by atoms with Crippen molar-refractivity contribution in [3.05, 3.63) is 47.7 Å². The topological polar surface area (TPSA) is 65.4 Å². The minimum atomic E-state index is 0.669. The molecule has 1 aliphatic heterocycles. The summed E-state index contributed by atoms with van der Waals surface area (Å²) in [6.45, 7) is 1.37. The predicted molar refractivity (Wildman–Crippen MR) is 71.3 cm³/mol. The molecule has 5 nitrogen and oxygen atoms in total. The molecule has 4 rings (SSSR count). The molecule has 0 fully saturated rings. The Kier molecular flexibility index (Phi) is 2.10. The van der Waals surface area contributed by atoms with Gasteiger partial charge in [0.25, 0.3) is 0 Å². The van der Waals surface area contributed by atoms with E-state index in [1.54, 1.807) is 0 Å². The molecule has 0 atom stereocenters. The fourth-order valence-corrected chi connectivity index (χ4v) is 2.42. The van der Waals surface area contributed by atoms with Gasteiger partial charge < -0.3 is 10.5 Å². The Balaban J connectivity index is 1.92. The average Bonchev–Trinajstić information content (AvgIpc) is 3.03. The highest BCUT2D eigenvalue weighted by Gasteiger charge is 2.14. The van der Waals surface area contributed by atoms with Crippen LogP contribution in [0.25, 0.3) is 17.0 Å². The molecule has 0 unspecified atom stereocenters. The van der Waals surface area contributed by atoms with Gasteiger partial charge in [-0.3, -0.25) is 4.40 Å². The van der Waals surface area contributed by atoms with Crippen molar-refractivity contribution in [1.82, 2.24) is 14.6 Å². The van der Waals surface area contributed by atoms with Gasteiger partial charge in [0, 0.05) is 17.4 Å². The Labute approximate surface area is 109 Å². The zero-order chi connectivity index (χ0) is 12.8. The molecule has 0 radical (unpaired) electrons. The van der Waals surface area contributed by atoms with Crippen LogP contribution in [0.2, 0.25) is 0 Å². The minimum absolute atomic E-state index is 0.669. The molecular formula is C14H12N4O. The standard InChI is InChI=1S/C14H12N4O/c15-12-3-4-13-16-17-14(18(13)6-12)9-1-2-10-7-19-8-11(10)5-9/h1-6H,7-8,15H2. The summed E-state index contributed by atoms with van der Waals surface area (Å²) >= 11 is 0. The molecule has 2 aromatic heterocycles. The summed E-state index contributed by atoms with van der Waals surface area (Å²) in [5.74, 6) is 0.803. The zero-order valence-electron chi connectivity index (χ0n) is 10.2. The number of anilines is 1. The molecule has 5 heteroatoms. The van der Waals surface area contributed by atoms with Crippen molar-refractivity contribution in [2.45, 2.75) is 13.2 Å². The lowest BCUT2D eigenvalue weighted by Gasteiger charge is -2.03. The summed E-state index contributed by atoms with van der Waals surface area (Å²) in [7, 11) is 0. The van der Waals surface area contributed by atoms with E-state index in [1.807, 2.05) is 28.8 Å². The van der Waals surface area contributed by atoms with Crippen LogP contribution in [-0.2, 0) is 18.0 Å². The maximum atomic E-state index is 5.82. The summed E-state index contributed by atoms with van der Waals surface area (Å²) in [5, 5.41) is 8.40. The third-order valence-electron chi connectivity index (χ3n) is 3.40. The summed E-state index contributed by atoms with van der Waals surface area (Å²) in [5.41, 5.74) is 10.8. The Morgan fingerprint density at radius 1 is 1.05 bits per heavy atom. The highest BCUT2D eigenvalue weighted by molar-refractivity contribution is 5.62. The molecular weight excluding hydrogens is 240 g/mol. The third kappa shape index (κ3) is 1.59. The van der Waals surface area contributed by atoms with E-state index in [0.29, 0.717) is 18.9 Å². The Morgan fingerprint density at radius 2 is 1.95 bits per heavy atom. The molecule has 0 saturated carbocycles. The number of hydrogen-bond acceptors (Lipinski definition) is 4. The van der Waals surface area contributed by atoms with E-state index in [4.69, 9.17) is 10.5 Å². The first-order valence-electron chi connectivity index (χ1n) is 6.11. The lowest BCUT2D eigenvalue weighted by Crippen LogP contribution is -1.93. The van der Waals surface area contributed by atoms with Crippen molar-refractivity contribution in [3.63, 3.8) is 0 Å². The van der Waals surface area contributed by atoms with Gasteiger partial charge in [0.1, 0.15) is 0 Å². The van der Waals surface area contributed by atoms with E-state index in [1.165, 1.54) is 11.1 Å². The lowest BCUT2D eigenvalue weighted by molar-refractivity contribution is 0.134. The summed E-state index contributed by atoms with van der Waals surface area (Å²) in [6.07, 6.45) is 1.84. The fraction of sp³-hybridized carbons (Fsp3) is 0.143. The predicted octanol–water partition coefficient (Wildman–Crippen LogP) is 2.01. The van der Waals surface area contributed by atoms with Crippen molar-refractivity contribution in [3.8, 4) is 11.4 Å². The highest BCUT2D eigenvalue weighted by atomic mass is 16.5. The van der Waals surface area contributed by atoms with Crippen molar-refractivity contribution in [2.24, 2.45) is 0 Å². The van der Waals surface area contributed by atoms with Crippen LogP contribution in [0, 0.1) is 0 Å². The van der Waals surface area contributed by atoms with Crippen LogP contribution in [0.1, 0.15) is 11.1 Å². The average molecular weight is 252 g/mol. The smallest absolute Gasteiger partial charge is 0.168 e. The van der Waals surface area contributed by atoms with Crippen LogP contribution >= 0.6 is 0 Å². The second-order valence-corrected chi connectivity index (χ2v) is 4.69. The van der Waals surface area contributed by atoms with E-state index in [-0.39, 0.29) is 0 Å². The summed E-state index contributed by atoms with van der Waals surface area (Å²) < 4.78 is 7.34. The monoisotopic (exact) mass is 252 g/mol. The van der Waals surface area contributed by atoms with E-state index >= 15 is 0 Å². The number of nitrogens with zero attached hydrogens (tertiary/aromatic N) is 3. The van der Waals surface area contributed by atoms with Gasteiger partial charge in [-0.1, -0.05) is 12.1 Å². The van der Waals surface area contributed by atoms with Crippen LogP contribution < -0.4 is 5.73 Å². The van der Waals surface area contributed by atoms with Gasteiger partial charge in [-0.25, -0.2) is 0 Å². The fourth-order valence-electron chi connectivity index (χ4n) is 2.42. The van der Waals surface area contributed by atoms with Crippen molar-refractivity contribution in [2.75, 3.05) is 5.73 Å². The molecule has 0 amide bonds. The number of hydrogen-bond donors (Lipinski definition) is 1. The second-order valence-electron chi connectivity index (χ2n) is 4.69. The molecule has 1 aromatic carbocycles. The van der Waals surface area contributed by atoms with Crippen LogP contribution in [0.3, 0.4) is 0 Å². The molecule has 0 bridgehead atoms. The van der Waals surface area contributed by atoms with Crippen molar-refractivity contribution in [1.29, 1.82) is 0 Å². The van der Waals surface area contributed by atoms with Crippen LogP contribution in [0.15, 0.2) is 36.5 Å². The van der Waals surface area contributed by atoms with Crippen LogP contribution in [-0.4, -0.2) is 14.6 Å². The number of pyridine rings is 1. The molecule has 19 heavy (non-hydrogen) atoms. The number of rotatable bonds is 1. The number of fused-ring (bicyclic) bond motifs is 2. The second kappa shape index (κ2) is 3.80. The molecule has 2 N–H and O–H groups in total. The molecule has 3 heterocycles. The van der Waals surface area contributed by atoms with Gasteiger partial charge in [0.15, 0.2) is 11.5 Å². The first-order chi connectivity index (χ1) is 9.31. The van der Waals surface area contributed by atoms with Gasteiger partial charge in [0.05, 0.1) is 13.2 Å². The zero-order valence-corrected chi connectivity index (χ0v) is 10.2. The molecule has 0 spiro atoms. The first-order valence-corrected chi connectivity index (χ1v) is 6.11. The van der Waals surface area contributed by atoms with Gasteiger partial charge in [-0.15, -0.1) is 10.2 Å². The number of nitrogen functional groups attached to an aromatic ring is 1. The van der Waals surface area contributed by atoms with Gasteiger partial charge in [-0.2, -0.15) is 0 Å². The Morgan fingerprint density at radius 3 is 2.89 bits per heavy atom. The molecule has 0 aliphatic carbocycles. The largest absolute Gasteiger partial charge is 0.398 e. The highest BCUT2D eigenvalue weighted by Crippen LogP contribution is 2.26. The first kappa shape index (κ1) is 10.5. The van der Waals surface area contributed by atoms with Crippen molar-refractivity contribution >= 4 is 11.3 Å². The molecule has 3 aromatic rings. The number of ether oxygens (including phenoxy) is 1. The summed E-state index contributed by atoms with van der Waals surface area (Å²) in [6, 6.07) is 9.94. The maximum absolute atomic E-state index is 5.82. The Bertz CT molecular complexity index is 778. The number of nitrogens with two attached hydrogens (primary N) is 1. The van der Waals surface area contributed by atoms with Crippen LogP contribution in [0.4, 0.5) is 5.69 Å². The summed E-state index contributed by atoms with van der Waals surface area (Å²) in [4.78, 5) is 0. The van der Waals surface area contributed by atoms with E-state index in [0.717, 1.165) is 17.0 Å². The lowest BCUT2D eigenvalue weighted by atomic mass is 10.1.